The highest BCUT2D eigenvalue weighted by atomic mass is 79.9. The summed E-state index contributed by atoms with van der Waals surface area (Å²) >= 11 is 38.9. The summed E-state index contributed by atoms with van der Waals surface area (Å²) in [6.07, 6.45) is 4.65. The monoisotopic (exact) mass is 2440 g/mol. The summed E-state index contributed by atoms with van der Waals surface area (Å²) in [5, 5.41) is 17.1. The Morgan fingerprint density at radius 1 is 0.229 bits per heavy atom. The van der Waals surface area contributed by atoms with E-state index in [0.717, 1.165) is 139 Å². The molecule has 0 amide bonds. The number of alkyl halides is 1. The van der Waals surface area contributed by atoms with Crippen LogP contribution in [0.3, 0.4) is 0 Å². The number of carbonyl (C=O) groups is 16. The van der Waals surface area contributed by atoms with Crippen LogP contribution in [-0.2, 0) is 5.88 Å². The van der Waals surface area contributed by atoms with Crippen molar-refractivity contribution in [3.05, 3.63) is 347 Å². The van der Waals surface area contributed by atoms with Gasteiger partial charge in [0.15, 0.2) is 92.5 Å². The van der Waals surface area contributed by atoms with Gasteiger partial charge in [-0.05, 0) is 333 Å². The summed E-state index contributed by atoms with van der Waals surface area (Å²) in [6.45, 7) is 21.7. The second kappa shape index (κ2) is 60.9. The van der Waals surface area contributed by atoms with Gasteiger partial charge in [0.25, 0.3) is 0 Å². The van der Waals surface area contributed by atoms with Crippen molar-refractivity contribution < 1.29 is 76.7 Å². The average Bonchev–Trinajstić information content (AvgIpc) is 1.70. The number of ketones is 16. The first kappa shape index (κ1) is 119. The van der Waals surface area contributed by atoms with Gasteiger partial charge >= 0.3 is 0 Å². The molecule has 0 fully saturated rings. The second-order valence-corrected chi connectivity index (χ2v) is 53.1. The van der Waals surface area contributed by atoms with Crippen LogP contribution < -0.4 is 0 Å². The molecule has 0 bridgehead atoms. The lowest BCUT2D eigenvalue weighted by Gasteiger charge is -1.98. The van der Waals surface area contributed by atoms with E-state index < -0.39 is 0 Å². The number of Topliss-reactive ketones (excluding diaryl/α,β-unsaturated/α-hetero) is 16. The van der Waals surface area contributed by atoms with Crippen molar-refractivity contribution in [3.8, 4) is 0 Å². The number of aryl methyl sites for hydroxylation is 11. The average molecular weight is 2440 g/mol. The largest absolute Gasteiger partial charge is 0.293 e. The first-order valence-corrected chi connectivity index (χ1v) is 61.2. The molecule has 0 saturated carbocycles. The van der Waals surface area contributed by atoms with E-state index in [1.807, 2.05) is 234 Å². The number of thiophene rings is 16. The maximum atomic E-state index is 12.1. The van der Waals surface area contributed by atoms with Gasteiger partial charge in [-0.15, -0.1) is 193 Å². The van der Waals surface area contributed by atoms with Crippen molar-refractivity contribution in [1.29, 1.82) is 0 Å². The van der Waals surface area contributed by atoms with E-state index in [0.29, 0.717) is 71.9 Å². The third-order valence-corrected chi connectivity index (χ3v) is 39.9. The van der Waals surface area contributed by atoms with Gasteiger partial charge in [-0.25, -0.2) is 0 Å². The number of hydrogen-bond donors (Lipinski definition) is 0. The maximum Gasteiger partial charge on any atom is 0.173 e. The van der Waals surface area contributed by atoms with Gasteiger partial charge in [0.1, 0.15) is 0 Å². The molecule has 0 radical (unpaired) electrons. The van der Waals surface area contributed by atoms with E-state index >= 15 is 0 Å². The topological polar surface area (TPSA) is 273 Å². The lowest BCUT2D eigenvalue weighted by atomic mass is 10.1. The Kier molecular flexibility index (Phi) is 50.4. The molecular formula is C108H100Br3ClO16S16. The van der Waals surface area contributed by atoms with Crippen molar-refractivity contribution in [2.24, 2.45) is 0 Å². The molecule has 0 aliphatic heterocycles. The van der Waals surface area contributed by atoms with Crippen LogP contribution in [0.15, 0.2) is 206 Å². The van der Waals surface area contributed by atoms with Crippen molar-refractivity contribution in [2.45, 2.75) is 185 Å². The van der Waals surface area contributed by atoms with Gasteiger partial charge in [0.2, 0.25) is 0 Å². The predicted octanol–water partition coefficient (Wildman–Crippen LogP) is 35.7. The Labute approximate surface area is 931 Å². The van der Waals surface area contributed by atoms with Crippen LogP contribution in [0, 0.1) is 76.2 Å². The zero-order chi connectivity index (χ0) is 105. The van der Waals surface area contributed by atoms with Gasteiger partial charge in [0.05, 0.1) is 85.6 Å². The van der Waals surface area contributed by atoms with Crippen molar-refractivity contribution in [2.75, 3.05) is 0 Å². The number of halogens is 4. The minimum absolute atomic E-state index is 0.0151. The summed E-state index contributed by atoms with van der Waals surface area (Å²) in [5.41, 5.74) is 7.46. The Hall–Kier alpha value is -8.35. The van der Waals surface area contributed by atoms with E-state index in [1.54, 1.807) is 36.4 Å². The zero-order valence-electron chi connectivity index (χ0n) is 80.1. The predicted molar refractivity (Wildman–Crippen MR) is 617 cm³/mol. The molecule has 0 aromatic carbocycles. The first-order valence-electron chi connectivity index (χ1n) is 44.7. The Morgan fingerprint density at radius 3 is 0.757 bits per heavy atom. The molecule has 16 heterocycles. The van der Waals surface area contributed by atoms with Crippen LogP contribution in [0.5, 0.6) is 0 Å². The lowest BCUT2D eigenvalue weighted by Crippen LogP contribution is -2.03. The number of carbonyl (C=O) groups excluding carboxylic acids is 16. The molecule has 0 N–H and O–H groups in total. The highest BCUT2D eigenvalue weighted by Gasteiger charge is 2.23. The van der Waals surface area contributed by atoms with Crippen LogP contribution in [0.2, 0.25) is 0 Å². The minimum atomic E-state index is 0.0151. The normalized spacial score (nSPS) is 10.5. The van der Waals surface area contributed by atoms with E-state index in [4.69, 9.17) is 11.6 Å². The molecule has 16 aromatic heterocycles. The summed E-state index contributed by atoms with van der Waals surface area (Å²) in [7, 11) is 0. The molecule has 144 heavy (non-hydrogen) atoms. The molecule has 0 saturated heterocycles. The molecule has 752 valence electrons. The molecular weight excluding hydrogens is 2340 g/mol. The Balaban J connectivity index is 0.000000183. The Morgan fingerprint density at radius 2 is 0.514 bits per heavy atom. The minimum Gasteiger partial charge on any atom is -0.293 e. The summed E-state index contributed by atoms with van der Waals surface area (Å²) in [6, 6.07) is 44.6. The van der Waals surface area contributed by atoms with Crippen LogP contribution in [-0.4, -0.2) is 92.5 Å². The third-order valence-electron chi connectivity index (χ3n) is 20.6. The molecule has 16 aromatic rings. The zero-order valence-corrected chi connectivity index (χ0v) is 98.7. The highest BCUT2D eigenvalue weighted by Crippen LogP contribution is 2.34. The van der Waals surface area contributed by atoms with Crippen LogP contribution in [0.4, 0.5) is 0 Å². The fourth-order valence-corrected chi connectivity index (χ4v) is 27.9. The first-order chi connectivity index (χ1) is 68.7. The van der Waals surface area contributed by atoms with Gasteiger partial charge in [-0.2, -0.15) is 0 Å². The maximum absolute atomic E-state index is 12.1. The van der Waals surface area contributed by atoms with E-state index in [-0.39, 0.29) is 144 Å². The number of rotatable bonds is 41. The molecule has 0 unspecified atom stereocenters. The molecule has 0 atom stereocenters. The fraction of sp³-hybridized carbons (Fsp3) is 0.259. The molecule has 16 rings (SSSR count). The molecule has 0 aliphatic carbocycles. The van der Waals surface area contributed by atoms with Gasteiger partial charge in [-0.3, -0.25) is 76.7 Å². The van der Waals surface area contributed by atoms with Crippen LogP contribution in [0.25, 0.3) is 0 Å². The van der Waals surface area contributed by atoms with Gasteiger partial charge in [0, 0.05) is 143 Å². The standard InChI is InChI=1S/C15H15BrO2S2.2C14H14O2S2.2C13H11BrO2S2.C13H11ClO2S2.2C13H12O2S2/c1-8-6-13(19-10(8)3)11(17)4-5-12(18)14-7-9(2)15(16)20-14;1-9-3-7-13(17-9)11(15)5-6-12(16)14-8-4-10(2)18-14;1-9-5-13(17-7-9)11(15)3-4-12(16)14-6-10(2)8-18-14;1-8-2-5-11(17-8)9(15)3-4-10(16)12-6-7-13(14)18-12;1-8-4-12(17-6-8)10(15)2-3-11(16)13-5-9(14)7-18-13;14-7-9-6-13(18-8-9)11(16)4-3-10(15)12-2-1-5-17-12;1-9-4-7-13(17-9)11(15)6-5-10(14)12-3-2-8-16-12;1-9-6-8-17-13(9)11(15)5-4-10(14)12-3-2-7-16-12/h6-7H,4-5H2,1-3H3;3-4,7-8H,5-6H2,1-2H3;5-8H,3-4H2,1-2H3;2,5-7H,3-4H2,1H3;4-7H,2-3H2,1H3;1-2,5-6,8H,3-4,7H2;2-4,7-8H,5-6H2,1H3;2-3,6-8H,4-5H2,1H3. The Bertz CT molecular complexity index is 6360. The van der Waals surface area contributed by atoms with Crippen molar-refractivity contribution in [3.63, 3.8) is 0 Å². The number of hydrogen-bond acceptors (Lipinski definition) is 32. The van der Waals surface area contributed by atoms with E-state index in [1.165, 1.54) is 181 Å². The summed E-state index contributed by atoms with van der Waals surface area (Å²) < 4.78 is 2.83. The van der Waals surface area contributed by atoms with Crippen LogP contribution >= 0.6 is 241 Å². The fourth-order valence-electron chi connectivity index (χ4n) is 12.6. The van der Waals surface area contributed by atoms with Crippen LogP contribution in [0.1, 0.15) is 321 Å². The van der Waals surface area contributed by atoms with Gasteiger partial charge < -0.3 is 0 Å². The SMILES string of the molecule is Cc1cc(C(=O)CCC(=O)c2cc(C)c(Br)s2)sc1C.Cc1ccc(C(=O)CCC(=O)c2ccc(Br)s2)s1.Cc1ccc(C(=O)CCC(=O)c2ccc(C)s2)s1.Cc1ccc(C(=O)CCC(=O)c2cccs2)s1.Cc1ccsc1C(=O)CCC(=O)c1cccs1.Cc1csc(C(=O)CCC(=O)c2cc(Br)cs2)c1.Cc1csc(C(=O)CCC(=O)c2cc(C)cs2)c1.O=C(CCC(=O)c1cc(CCl)cs1)c1cccs1. The highest BCUT2D eigenvalue weighted by molar-refractivity contribution is 9.11. The van der Waals surface area contributed by atoms with E-state index in [9.17, 15) is 76.7 Å². The summed E-state index contributed by atoms with van der Waals surface area (Å²) in [5.74, 6) is 1.25. The second-order valence-electron chi connectivity index (χ2n) is 32.3. The summed E-state index contributed by atoms with van der Waals surface area (Å²) in [4.78, 5) is 207. The third kappa shape index (κ3) is 39.9. The molecule has 0 aliphatic rings. The van der Waals surface area contributed by atoms with Gasteiger partial charge in [-0.1, -0.05) is 18.2 Å². The molecule has 0 spiro atoms. The smallest absolute Gasteiger partial charge is 0.173 e. The van der Waals surface area contributed by atoms with Crippen molar-refractivity contribution >= 4 is 333 Å². The quantitative estimate of drug-likeness (QED) is 0.0254. The molecule has 16 nitrogen and oxygen atoms in total. The van der Waals surface area contributed by atoms with E-state index in [2.05, 4.69) is 47.8 Å². The molecule has 36 heteroatoms. The van der Waals surface area contributed by atoms with Crippen molar-refractivity contribution in [1.82, 2.24) is 0 Å². The lowest BCUT2D eigenvalue weighted by molar-refractivity contribution is 0.0921.